The van der Waals surface area contributed by atoms with E-state index in [1.54, 1.807) is 79.9 Å². The number of aliphatic hydroxyl groups excluding tert-OH is 1. The SMILES string of the molecule is COc1ccc(C2/C(=C(/O)c3ccccc3)C(=O)C(=O)N2c2cccc(OC)c2)cc1. The van der Waals surface area contributed by atoms with Crippen LogP contribution in [0.1, 0.15) is 17.2 Å². The van der Waals surface area contributed by atoms with Gasteiger partial charge in [-0.05, 0) is 29.8 Å². The van der Waals surface area contributed by atoms with Crippen LogP contribution >= 0.6 is 0 Å². The number of ether oxygens (including phenoxy) is 2. The van der Waals surface area contributed by atoms with Gasteiger partial charge in [-0.2, -0.15) is 0 Å². The molecule has 1 amide bonds. The largest absolute Gasteiger partial charge is 0.507 e. The van der Waals surface area contributed by atoms with Crippen molar-refractivity contribution >= 4 is 23.1 Å². The smallest absolute Gasteiger partial charge is 0.300 e. The molecule has 4 rings (SSSR count). The fraction of sp³-hybridized carbons (Fsp3) is 0.120. The normalized spacial score (nSPS) is 17.6. The third-order valence-electron chi connectivity index (χ3n) is 5.25. The third-order valence-corrected chi connectivity index (χ3v) is 5.25. The zero-order valence-corrected chi connectivity index (χ0v) is 17.1. The summed E-state index contributed by atoms with van der Waals surface area (Å²) in [5, 5.41) is 11.0. The number of carbonyl (C=O) groups is 2. The van der Waals surface area contributed by atoms with Crippen molar-refractivity contribution in [1.82, 2.24) is 0 Å². The molecule has 0 radical (unpaired) electrons. The zero-order chi connectivity index (χ0) is 22.0. The second kappa shape index (κ2) is 8.36. The summed E-state index contributed by atoms with van der Waals surface area (Å²) in [6.07, 6.45) is 0. The Hall–Kier alpha value is -4.06. The molecule has 1 unspecified atom stereocenters. The molecule has 1 atom stereocenters. The zero-order valence-electron chi connectivity index (χ0n) is 17.1. The molecule has 3 aromatic rings. The van der Waals surface area contributed by atoms with Crippen LogP contribution in [0, 0.1) is 0 Å². The number of nitrogens with zero attached hydrogens (tertiary/aromatic N) is 1. The monoisotopic (exact) mass is 415 g/mol. The summed E-state index contributed by atoms with van der Waals surface area (Å²) in [7, 11) is 3.09. The van der Waals surface area contributed by atoms with E-state index in [2.05, 4.69) is 0 Å². The number of Topliss-reactive ketones (excluding diaryl/α,β-unsaturated/α-hetero) is 1. The molecular weight excluding hydrogens is 394 g/mol. The van der Waals surface area contributed by atoms with Gasteiger partial charge in [0.25, 0.3) is 11.7 Å². The van der Waals surface area contributed by atoms with Crippen LogP contribution in [0.25, 0.3) is 5.76 Å². The Bertz CT molecular complexity index is 1150. The minimum Gasteiger partial charge on any atom is -0.507 e. The van der Waals surface area contributed by atoms with E-state index in [-0.39, 0.29) is 11.3 Å². The van der Waals surface area contributed by atoms with Crippen LogP contribution in [0.3, 0.4) is 0 Å². The molecular formula is C25H21NO5. The molecule has 156 valence electrons. The van der Waals surface area contributed by atoms with E-state index in [1.165, 1.54) is 12.0 Å². The van der Waals surface area contributed by atoms with E-state index in [9.17, 15) is 14.7 Å². The van der Waals surface area contributed by atoms with Crippen LogP contribution in [0.15, 0.2) is 84.4 Å². The van der Waals surface area contributed by atoms with Crippen LogP contribution in [0.2, 0.25) is 0 Å². The standard InChI is InChI=1S/C25H21NO5/c1-30-19-13-11-16(12-14-19)22-21(23(27)17-7-4-3-5-8-17)24(28)25(29)26(22)18-9-6-10-20(15-18)31-2/h3-15,22,27H,1-2H3/b23-21-. The molecule has 3 aromatic carbocycles. The molecule has 1 N–H and O–H groups in total. The van der Waals surface area contributed by atoms with Crippen LogP contribution in [0.5, 0.6) is 11.5 Å². The maximum absolute atomic E-state index is 13.1. The Balaban J connectivity index is 1.93. The summed E-state index contributed by atoms with van der Waals surface area (Å²) in [6, 6.07) is 21.9. The predicted octanol–water partition coefficient (Wildman–Crippen LogP) is 4.33. The lowest BCUT2D eigenvalue weighted by atomic mass is 9.95. The molecule has 0 spiro atoms. The maximum Gasteiger partial charge on any atom is 0.300 e. The van der Waals surface area contributed by atoms with Crippen LogP contribution in [0.4, 0.5) is 5.69 Å². The van der Waals surface area contributed by atoms with Gasteiger partial charge in [-0.1, -0.05) is 48.5 Å². The molecule has 0 aromatic heterocycles. The van der Waals surface area contributed by atoms with Crippen molar-refractivity contribution in [2.45, 2.75) is 6.04 Å². The molecule has 31 heavy (non-hydrogen) atoms. The Morgan fingerprint density at radius 2 is 1.52 bits per heavy atom. The highest BCUT2D eigenvalue weighted by Crippen LogP contribution is 2.43. The number of amides is 1. The summed E-state index contributed by atoms with van der Waals surface area (Å²) in [5.41, 5.74) is 1.66. The molecule has 1 heterocycles. The maximum atomic E-state index is 13.1. The first kappa shape index (κ1) is 20.2. The molecule has 1 saturated heterocycles. The number of methoxy groups -OCH3 is 2. The van der Waals surface area contributed by atoms with E-state index >= 15 is 0 Å². The molecule has 1 aliphatic heterocycles. The van der Waals surface area contributed by atoms with Crippen LogP contribution < -0.4 is 14.4 Å². The number of ketones is 1. The first-order valence-electron chi connectivity index (χ1n) is 9.69. The first-order chi connectivity index (χ1) is 15.0. The van der Waals surface area contributed by atoms with E-state index in [4.69, 9.17) is 9.47 Å². The van der Waals surface area contributed by atoms with Gasteiger partial charge in [0.1, 0.15) is 17.3 Å². The highest BCUT2D eigenvalue weighted by Gasteiger charge is 2.47. The second-order valence-electron chi connectivity index (χ2n) is 7.01. The average molecular weight is 415 g/mol. The Morgan fingerprint density at radius 3 is 2.16 bits per heavy atom. The van der Waals surface area contributed by atoms with Crippen molar-refractivity contribution in [3.05, 3.63) is 95.6 Å². The van der Waals surface area contributed by atoms with Gasteiger partial charge < -0.3 is 14.6 Å². The molecule has 6 nitrogen and oxygen atoms in total. The molecule has 1 aliphatic rings. The van der Waals surface area contributed by atoms with Crippen molar-refractivity contribution < 1.29 is 24.2 Å². The lowest BCUT2D eigenvalue weighted by Gasteiger charge is -2.26. The van der Waals surface area contributed by atoms with Gasteiger partial charge in [0.15, 0.2) is 0 Å². The summed E-state index contributed by atoms with van der Waals surface area (Å²) >= 11 is 0. The molecule has 0 saturated carbocycles. The minimum absolute atomic E-state index is 0.0317. The van der Waals surface area contributed by atoms with Gasteiger partial charge in [-0.25, -0.2) is 0 Å². The third kappa shape index (κ3) is 3.64. The fourth-order valence-corrected chi connectivity index (χ4v) is 3.71. The number of hydrogen-bond acceptors (Lipinski definition) is 5. The van der Waals surface area contributed by atoms with Gasteiger partial charge in [-0.3, -0.25) is 14.5 Å². The fourth-order valence-electron chi connectivity index (χ4n) is 3.71. The van der Waals surface area contributed by atoms with Crippen molar-refractivity contribution in [3.8, 4) is 11.5 Å². The molecule has 0 aliphatic carbocycles. The minimum atomic E-state index is -0.807. The van der Waals surface area contributed by atoms with Crippen LogP contribution in [-0.4, -0.2) is 31.0 Å². The number of rotatable bonds is 5. The van der Waals surface area contributed by atoms with E-state index in [1.807, 2.05) is 6.07 Å². The quantitative estimate of drug-likeness (QED) is 0.381. The van der Waals surface area contributed by atoms with Crippen molar-refractivity contribution in [2.75, 3.05) is 19.1 Å². The highest BCUT2D eigenvalue weighted by atomic mass is 16.5. The molecule has 6 heteroatoms. The van der Waals surface area contributed by atoms with Gasteiger partial charge in [0, 0.05) is 17.3 Å². The van der Waals surface area contributed by atoms with Gasteiger partial charge in [0.2, 0.25) is 0 Å². The van der Waals surface area contributed by atoms with Gasteiger partial charge in [0.05, 0.1) is 25.8 Å². The lowest BCUT2D eigenvalue weighted by molar-refractivity contribution is -0.132. The predicted molar refractivity (Wildman–Crippen MR) is 117 cm³/mol. The Morgan fingerprint density at radius 1 is 0.839 bits per heavy atom. The van der Waals surface area contributed by atoms with Crippen molar-refractivity contribution in [3.63, 3.8) is 0 Å². The summed E-state index contributed by atoms with van der Waals surface area (Å²) in [6.45, 7) is 0. The summed E-state index contributed by atoms with van der Waals surface area (Å²) in [5.74, 6) is -0.484. The number of carbonyl (C=O) groups excluding carboxylic acids is 2. The number of anilines is 1. The molecule has 0 bridgehead atoms. The van der Waals surface area contributed by atoms with E-state index in [0.29, 0.717) is 28.3 Å². The number of benzene rings is 3. The van der Waals surface area contributed by atoms with Crippen molar-refractivity contribution in [1.29, 1.82) is 0 Å². The van der Waals surface area contributed by atoms with Crippen molar-refractivity contribution in [2.24, 2.45) is 0 Å². The molecule has 1 fully saturated rings. The summed E-state index contributed by atoms with van der Waals surface area (Å²) < 4.78 is 10.5. The van der Waals surface area contributed by atoms with E-state index in [0.717, 1.165) is 0 Å². The first-order valence-corrected chi connectivity index (χ1v) is 9.69. The summed E-state index contributed by atoms with van der Waals surface area (Å²) in [4.78, 5) is 27.6. The number of hydrogen-bond donors (Lipinski definition) is 1. The van der Waals surface area contributed by atoms with Gasteiger partial charge in [-0.15, -0.1) is 0 Å². The lowest BCUT2D eigenvalue weighted by Crippen LogP contribution is -2.29. The highest BCUT2D eigenvalue weighted by molar-refractivity contribution is 6.51. The second-order valence-corrected chi connectivity index (χ2v) is 7.01. The number of aliphatic hydroxyl groups is 1. The Labute approximate surface area is 180 Å². The van der Waals surface area contributed by atoms with Crippen LogP contribution in [-0.2, 0) is 9.59 Å². The van der Waals surface area contributed by atoms with E-state index < -0.39 is 17.7 Å². The topological polar surface area (TPSA) is 76.1 Å². The average Bonchev–Trinajstić information content (AvgIpc) is 3.09. The Kier molecular flexibility index (Phi) is 5.45. The van der Waals surface area contributed by atoms with Gasteiger partial charge >= 0.3 is 0 Å².